The summed E-state index contributed by atoms with van der Waals surface area (Å²) >= 11 is 0. The molecule has 1 heterocycles. The molecule has 1 aliphatic carbocycles. The van der Waals surface area contributed by atoms with Crippen LogP contribution in [0.25, 0.3) is 0 Å². The number of nitrogens with zero attached hydrogens (tertiary/aromatic N) is 1. The Kier molecular flexibility index (Phi) is 3.81. The molecule has 3 heteroatoms. The Hall–Kier alpha value is -0.120. The Morgan fingerprint density at radius 3 is 2.71 bits per heavy atom. The third kappa shape index (κ3) is 3.43. The first-order valence-corrected chi connectivity index (χ1v) is 6.98. The van der Waals surface area contributed by atoms with E-state index in [1.807, 2.05) is 7.11 Å². The van der Waals surface area contributed by atoms with Gasteiger partial charge in [-0.25, -0.2) is 0 Å². The first-order valence-electron chi connectivity index (χ1n) is 6.98. The predicted octanol–water partition coefficient (Wildman–Crippen LogP) is 1.88. The fourth-order valence-corrected chi connectivity index (χ4v) is 2.81. The van der Waals surface area contributed by atoms with Crippen molar-refractivity contribution in [3.63, 3.8) is 0 Å². The molecule has 0 aromatic rings. The molecule has 0 bridgehead atoms. The second-order valence-electron chi connectivity index (χ2n) is 6.61. The topological polar surface area (TPSA) is 24.5 Å². The molecule has 1 unspecified atom stereocenters. The van der Waals surface area contributed by atoms with Gasteiger partial charge in [0.05, 0.1) is 5.60 Å². The van der Waals surface area contributed by atoms with Crippen molar-refractivity contribution >= 4 is 0 Å². The van der Waals surface area contributed by atoms with Crippen molar-refractivity contribution in [2.24, 2.45) is 5.92 Å². The molecule has 2 fully saturated rings. The molecule has 1 aliphatic heterocycles. The number of hydrogen-bond donors (Lipinski definition) is 1. The monoisotopic (exact) mass is 240 g/mol. The van der Waals surface area contributed by atoms with E-state index in [4.69, 9.17) is 4.74 Å². The van der Waals surface area contributed by atoms with Gasteiger partial charge in [-0.1, -0.05) is 0 Å². The zero-order chi connectivity index (χ0) is 12.5. The molecular weight excluding hydrogens is 212 g/mol. The van der Waals surface area contributed by atoms with Crippen LogP contribution in [-0.4, -0.2) is 49.3 Å². The minimum absolute atomic E-state index is 0.0147. The Morgan fingerprint density at radius 1 is 1.41 bits per heavy atom. The van der Waals surface area contributed by atoms with E-state index in [2.05, 4.69) is 31.0 Å². The maximum absolute atomic E-state index is 5.50. The standard InChI is InChI=1S/C14H28N2O/c1-13(2,17-4)7-9-16-10-8-15-14(3,11-16)12-5-6-12/h12,15H,5-11H2,1-4H3. The highest BCUT2D eigenvalue weighted by Gasteiger charge is 2.43. The molecule has 1 saturated heterocycles. The minimum Gasteiger partial charge on any atom is -0.379 e. The summed E-state index contributed by atoms with van der Waals surface area (Å²) in [5.74, 6) is 0.917. The van der Waals surface area contributed by atoms with Gasteiger partial charge in [-0.15, -0.1) is 0 Å². The number of methoxy groups -OCH3 is 1. The molecule has 100 valence electrons. The highest BCUT2D eigenvalue weighted by atomic mass is 16.5. The fourth-order valence-electron chi connectivity index (χ4n) is 2.81. The normalized spacial score (nSPS) is 31.8. The molecular formula is C14H28N2O. The van der Waals surface area contributed by atoms with E-state index in [1.165, 1.54) is 25.9 Å². The van der Waals surface area contributed by atoms with E-state index >= 15 is 0 Å². The van der Waals surface area contributed by atoms with Crippen LogP contribution in [0.4, 0.5) is 0 Å². The molecule has 0 radical (unpaired) electrons. The summed E-state index contributed by atoms with van der Waals surface area (Å²) in [7, 11) is 1.81. The molecule has 2 rings (SSSR count). The van der Waals surface area contributed by atoms with E-state index < -0.39 is 0 Å². The van der Waals surface area contributed by atoms with Crippen molar-refractivity contribution in [2.45, 2.75) is 51.2 Å². The summed E-state index contributed by atoms with van der Waals surface area (Å²) in [6.07, 6.45) is 3.95. The van der Waals surface area contributed by atoms with Crippen molar-refractivity contribution in [2.75, 3.05) is 33.3 Å². The van der Waals surface area contributed by atoms with Crippen molar-refractivity contribution in [3.8, 4) is 0 Å². The van der Waals surface area contributed by atoms with Crippen LogP contribution in [0.3, 0.4) is 0 Å². The van der Waals surface area contributed by atoms with Gasteiger partial charge in [0, 0.05) is 38.8 Å². The van der Waals surface area contributed by atoms with Gasteiger partial charge in [0.1, 0.15) is 0 Å². The molecule has 2 aliphatic rings. The fraction of sp³-hybridized carbons (Fsp3) is 1.00. The zero-order valence-electron chi connectivity index (χ0n) is 11.9. The Bertz CT molecular complexity index is 263. The van der Waals surface area contributed by atoms with Crippen LogP contribution in [0, 0.1) is 5.92 Å². The zero-order valence-corrected chi connectivity index (χ0v) is 11.9. The quantitative estimate of drug-likeness (QED) is 0.794. The van der Waals surface area contributed by atoms with Crippen LogP contribution in [0.15, 0.2) is 0 Å². The van der Waals surface area contributed by atoms with E-state index in [-0.39, 0.29) is 5.60 Å². The van der Waals surface area contributed by atoms with Gasteiger partial charge < -0.3 is 15.0 Å². The van der Waals surface area contributed by atoms with Crippen LogP contribution in [-0.2, 0) is 4.74 Å². The summed E-state index contributed by atoms with van der Waals surface area (Å²) < 4.78 is 5.50. The smallest absolute Gasteiger partial charge is 0.0634 e. The molecule has 1 N–H and O–H groups in total. The van der Waals surface area contributed by atoms with E-state index in [9.17, 15) is 0 Å². The second-order valence-corrected chi connectivity index (χ2v) is 6.61. The maximum atomic E-state index is 5.50. The summed E-state index contributed by atoms with van der Waals surface area (Å²) in [5.41, 5.74) is 0.385. The van der Waals surface area contributed by atoms with Gasteiger partial charge in [-0.2, -0.15) is 0 Å². The lowest BCUT2D eigenvalue weighted by Gasteiger charge is -2.42. The first kappa shape index (κ1) is 13.3. The molecule has 3 nitrogen and oxygen atoms in total. The molecule has 1 saturated carbocycles. The largest absolute Gasteiger partial charge is 0.379 e. The number of ether oxygens (including phenoxy) is 1. The van der Waals surface area contributed by atoms with Gasteiger partial charge in [-0.3, -0.25) is 0 Å². The number of nitrogens with one attached hydrogen (secondary N) is 1. The lowest BCUT2D eigenvalue weighted by Crippen LogP contribution is -2.60. The van der Waals surface area contributed by atoms with Gasteiger partial charge in [0.25, 0.3) is 0 Å². The molecule has 0 amide bonds. The number of rotatable bonds is 5. The SMILES string of the molecule is COC(C)(C)CCN1CCNC(C)(C2CC2)C1. The van der Waals surface area contributed by atoms with Crippen molar-refractivity contribution in [3.05, 3.63) is 0 Å². The maximum Gasteiger partial charge on any atom is 0.0634 e. The van der Waals surface area contributed by atoms with Gasteiger partial charge in [0.2, 0.25) is 0 Å². The summed E-state index contributed by atoms with van der Waals surface area (Å²) in [4.78, 5) is 2.61. The Morgan fingerprint density at radius 2 is 2.12 bits per heavy atom. The van der Waals surface area contributed by atoms with Crippen molar-refractivity contribution in [1.82, 2.24) is 10.2 Å². The van der Waals surface area contributed by atoms with Crippen molar-refractivity contribution < 1.29 is 4.74 Å². The first-order chi connectivity index (χ1) is 7.95. The van der Waals surface area contributed by atoms with Crippen LogP contribution in [0.1, 0.15) is 40.0 Å². The lowest BCUT2D eigenvalue weighted by molar-refractivity contribution is 0.00206. The van der Waals surface area contributed by atoms with Crippen LogP contribution in [0.2, 0.25) is 0 Å². The second kappa shape index (κ2) is 4.87. The summed E-state index contributed by atoms with van der Waals surface area (Å²) in [6, 6.07) is 0. The summed E-state index contributed by atoms with van der Waals surface area (Å²) in [5, 5.41) is 3.73. The molecule has 0 spiro atoms. The molecule has 1 atom stereocenters. The molecule has 0 aromatic heterocycles. The van der Waals surface area contributed by atoms with Crippen LogP contribution < -0.4 is 5.32 Å². The lowest BCUT2D eigenvalue weighted by atomic mass is 9.92. The third-order valence-corrected chi connectivity index (χ3v) is 4.57. The van der Waals surface area contributed by atoms with Gasteiger partial charge >= 0.3 is 0 Å². The Balaban J connectivity index is 1.81. The average molecular weight is 240 g/mol. The Labute approximate surface area is 106 Å². The predicted molar refractivity (Wildman–Crippen MR) is 71.3 cm³/mol. The number of piperazine rings is 1. The van der Waals surface area contributed by atoms with Gasteiger partial charge in [0.15, 0.2) is 0 Å². The van der Waals surface area contributed by atoms with Crippen LogP contribution >= 0.6 is 0 Å². The average Bonchev–Trinajstić information content (AvgIpc) is 3.11. The highest BCUT2D eigenvalue weighted by Crippen LogP contribution is 2.40. The highest BCUT2D eigenvalue weighted by molar-refractivity contribution is 5.02. The van der Waals surface area contributed by atoms with Gasteiger partial charge in [-0.05, 0) is 46.0 Å². The number of hydrogen-bond acceptors (Lipinski definition) is 3. The van der Waals surface area contributed by atoms with Crippen molar-refractivity contribution in [1.29, 1.82) is 0 Å². The van der Waals surface area contributed by atoms with Crippen LogP contribution in [0.5, 0.6) is 0 Å². The third-order valence-electron chi connectivity index (χ3n) is 4.57. The van der Waals surface area contributed by atoms with E-state index in [1.54, 1.807) is 0 Å². The summed E-state index contributed by atoms with van der Waals surface area (Å²) in [6.45, 7) is 11.4. The molecule has 17 heavy (non-hydrogen) atoms. The van der Waals surface area contributed by atoms with E-state index in [0.29, 0.717) is 5.54 Å². The minimum atomic E-state index is 0.0147. The van der Waals surface area contributed by atoms with E-state index in [0.717, 1.165) is 25.4 Å². The molecule has 0 aromatic carbocycles.